The third kappa shape index (κ3) is 5.94. The molecule has 5 rings (SSSR count). The topological polar surface area (TPSA) is 101 Å². The number of carbonyl (C=O) groups excluding carboxylic acids is 1. The van der Waals surface area contributed by atoms with Crippen molar-refractivity contribution in [1.29, 1.82) is 0 Å². The second-order valence-corrected chi connectivity index (χ2v) is 9.58. The summed E-state index contributed by atoms with van der Waals surface area (Å²) in [5, 5.41) is 6.14. The zero-order chi connectivity index (χ0) is 27.4. The van der Waals surface area contributed by atoms with Gasteiger partial charge in [-0.3, -0.25) is 4.79 Å². The second-order valence-electron chi connectivity index (χ2n) is 9.58. The van der Waals surface area contributed by atoms with Crippen molar-refractivity contribution in [1.82, 2.24) is 34.7 Å². The average molecular weight is 523 g/mol. The quantitative estimate of drug-likeness (QED) is 0.371. The summed E-state index contributed by atoms with van der Waals surface area (Å²) in [7, 11) is 0. The molecule has 1 fully saturated rings. The highest BCUT2D eigenvalue weighted by atomic mass is 19.1. The summed E-state index contributed by atoms with van der Waals surface area (Å²) >= 11 is 0. The van der Waals surface area contributed by atoms with E-state index in [0.717, 1.165) is 37.8 Å². The van der Waals surface area contributed by atoms with Crippen LogP contribution in [0.15, 0.2) is 36.7 Å². The van der Waals surface area contributed by atoms with Gasteiger partial charge in [0.25, 0.3) is 0 Å². The molecule has 0 aliphatic carbocycles. The highest BCUT2D eigenvalue weighted by Crippen LogP contribution is 2.30. The number of pyridine rings is 1. The molecule has 3 aromatic heterocycles. The SMILES string of the molecule is CC1CNCCN1C=O.Cc1ccc(Nc2ncc(F)c(-c3cc(F)c4nc(C)n(C(C)C)c4c3)n2)nc1. The lowest BCUT2D eigenvalue weighted by Gasteiger charge is -2.30. The number of aromatic nitrogens is 5. The molecule has 4 heterocycles. The van der Waals surface area contributed by atoms with Crippen LogP contribution < -0.4 is 10.6 Å². The third-order valence-corrected chi connectivity index (χ3v) is 6.30. The van der Waals surface area contributed by atoms with Crippen LogP contribution in [0.25, 0.3) is 22.3 Å². The fraction of sp³-hybridized carbons (Fsp3) is 0.370. The van der Waals surface area contributed by atoms with Crippen LogP contribution in [0.3, 0.4) is 0 Å². The molecular weight excluding hydrogens is 490 g/mol. The van der Waals surface area contributed by atoms with E-state index < -0.39 is 11.6 Å². The third-order valence-electron chi connectivity index (χ3n) is 6.30. The Bertz CT molecular complexity index is 1420. The highest BCUT2D eigenvalue weighted by molar-refractivity contribution is 5.83. The van der Waals surface area contributed by atoms with E-state index in [1.165, 1.54) is 6.07 Å². The maximum atomic E-state index is 14.7. The summed E-state index contributed by atoms with van der Waals surface area (Å²) in [5.74, 6) is 0.239. The Morgan fingerprint density at radius 3 is 2.53 bits per heavy atom. The van der Waals surface area contributed by atoms with E-state index in [1.54, 1.807) is 18.3 Å². The van der Waals surface area contributed by atoms with Crippen LogP contribution >= 0.6 is 0 Å². The van der Waals surface area contributed by atoms with Crippen LogP contribution in [-0.2, 0) is 4.79 Å². The predicted octanol–water partition coefficient (Wildman–Crippen LogP) is 4.54. The van der Waals surface area contributed by atoms with Gasteiger partial charge in [-0.05, 0) is 58.4 Å². The van der Waals surface area contributed by atoms with Gasteiger partial charge in [-0.25, -0.2) is 28.7 Å². The molecule has 38 heavy (non-hydrogen) atoms. The van der Waals surface area contributed by atoms with E-state index in [0.29, 0.717) is 28.8 Å². The molecule has 1 aliphatic heterocycles. The van der Waals surface area contributed by atoms with Crippen molar-refractivity contribution in [2.75, 3.05) is 25.0 Å². The molecule has 1 atom stereocenters. The number of imidazole rings is 1. The minimum Gasteiger partial charge on any atom is -0.340 e. The van der Waals surface area contributed by atoms with Crippen LogP contribution in [0.5, 0.6) is 0 Å². The number of halogens is 2. The minimum absolute atomic E-state index is 0.00423. The number of nitrogens with one attached hydrogen (secondary N) is 2. The van der Waals surface area contributed by atoms with Gasteiger partial charge in [0.2, 0.25) is 12.4 Å². The Labute approximate surface area is 220 Å². The summed E-state index contributed by atoms with van der Waals surface area (Å²) < 4.78 is 31.2. The molecule has 0 bridgehead atoms. The van der Waals surface area contributed by atoms with Crippen LogP contribution in [0.4, 0.5) is 20.5 Å². The summed E-state index contributed by atoms with van der Waals surface area (Å²) in [6.45, 7) is 12.5. The lowest BCUT2D eigenvalue weighted by molar-refractivity contribution is -0.120. The first kappa shape index (κ1) is 27.1. The van der Waals surface area contributed by atoms with Gasteiger partial charge in [0.1, 0.15) is 22.9 Å². The molecule has 1 unspecified atom stereocenters. The van der Waals surface area contributed by atoms with Crippen molar-refractivity contribution in [3.05, 3.63) is 59.7 Å². The van der Waals surface area contributed by atoms with Gasteiger partial charge in [0.05, 0.1) is 11.7 Å². The average Bonchev–Trinajstić information content (AvgIpc) is 3.24. The Balaban J connectivity index is 0.000000317. The van der Waals surface area contributed by atoms with E-state index in [9.17, 15) is 13.6 Å². The molecular formula is C27H32F2N8O. The van der Waals surface area contributed by atoms with E-state index in [4.69, 9.17) is 0 Å². The molecule has 1 aliphatic rings. The molecule has 1 aromatic carbocycles. The fourth-order valence-electron chi connectivity index (χ4n) is 4.36. The number of nitrogens with zero attached hydrogens (tertiary/aromatic N) is 6. The van der Waals surface area contributed by atoms with E-state index >= 15 is 0 Å². The lowest BCUT2D eigenvalue weighted by Crippen LogP contribution is -2.48. The highest BCUT2D eigenvalue weighted by Gasteiger charge is 2.18. The summed E-state index contributed by atoms with van der Waals surface area (Å²) in [5.41, 5.74) is 2.19. The van der Waals surface area contributed by atoms with Crippen molar-refractivity contribution in [3.63, 3.8) is 0 Å². The van der Waals surface area contributed by atoms with Gasteiger partial charge >= 0.3 is 0 Å². The van der Waals surface area contributed by atoms with Gasteiger partial charge < -0.3 is 20.1 Å². The molecule has 0 spiro atoms. The zero-order valence-corrected chi connectivity index (χ0v) is 22.2. The van der Waals surface area contributed by atoms with Crippen LogP contribution in [0.1, 0.15) is 38.2 Å². The number of hydrogen-bond acceptors (Lipinski definition) is 7. The van der Waals surface area contributed by atoms with Gasteiger partial charge in [-0.2, -0.15) is 0 Å². The van der Waals surface area contributed by atoms with Crippen LogP contribution in [0, 0.1) is 25.5 Å². The fourth-order valence-corrected chi connectivity index (χ4v) is 4.36. The Morgan fingerprint density at radius 2 is 1.89 bits per heavy atom. The van der Waals surface area contributed by atoms with Crippen LogP contribution in [-0.4, -0.2) is 61.5 Å². The van der Waals surface area contributed by atoms with Gasteiger partial charge in [-0.15, -0.1) is 0 Å². The van der Waals surface area contributed by atoms with Crippen molar-refractivity contribution in [2.24, 2.45) is 0 Å². The standard InChI is InChI=1S/C21H20F2N6.C6H12N2O/c1-11(2)29-13(4)26-20-15(22)7-14(8-17(20)29)19-16(23)10-25-21(28-19)27-18-6-5-12(3)9-24-18;1-6-4-7-2-3-8(6)5-9/h5-11H,1-4H3,(H,24,25,27,28);5-7H,2-4H2,1H3. The first-order chi connectivity index (χ1) is 18.2. The molecule has 2 N–H and O–H groups in total. The number of anilines is 2. The summed E-state index contributed by atoms with van der Waals surface area (Å²) in [4.78, 5) is 28.9. The molecule has 4 aromatic rings. The lowest BCUT2D eigenvalue weighted by atomic mass is 10.1. The van der Waals surface area contributed by atoms with E-state index in [1.807, 2.05) is 50.2 Å². The van der Waals surface area contributed by atoms with Crippen molar-refractivity contribution in [3.8, 4) is 11.3 Å². The first-order valence-corrected chi connectivity index (χ1v) is 12.5. The Kier molecular flexibility index (Phi) is 8.26. The van der Waals surface area contributed by atoms with Gasteiger partial charge in [-0.1, -0.05) is 6.07 Å². The number of benzene rings is 1. The zero-order valence-electron chi connectivity index (χ0n) is 22.2. The molecule has 1 saturated heterocycles. The number of piperazine rings is 1. The second kappa shape index (κ2) is 11.6. The van der Waals surface area contributed by atoms with Crippen molar-refractivity contribution in [2.45, 2.75) is 46.7 Å². The smallest absolute Gasteiger partial charge is 0.229 e. The van der Waals surface area contributed by atoms with E-state index in [-0.39, 0.29) is 23.2 Å². The summed E-state index contributed by atoms with van der Waals surface area (Å²) in [6.07, 6.45) is 3.68. The largest absolute Gasteiger partial charge is 0.340 e. The maximum Gasteiger partial charge on any atom is 0.229 e. The van der Waals surface area contributed by atoms with Gasteiger partial charge in [0.15, 0.2) is 11.6 Å². The normalized spacial score (nSPS) is 15.4. The number of fused-ring (bicyclic) bond motifs is 1. The Hall–Kier alpha value is -3.99. The molecule has 200 valence electrons. The summed E-state index contributed by atoms with van der Waals surface area (Å²) in [6, 6.07) is 7.07. The predicted molar refractivity (Wildman–Crippen MR) is 143 cm³/mol. The number of carbonyl (C=O) groups is 1. The molecule has 1 amide bonds. The van der Waals surface area contributed by atoms with Crippen molar-refractivity contribution >= 4 is 29.2 Å². The number of amides is 1. The number of hydrogen-bond donors (Lipinski definition) is 2. The number of rotatable bonds is 5. The van der Waals surface area contributed by atoms with Crippen molar-refractivity contribution < 1.29 is 13.6 Å². The maximum absolute atomic E-state index is 14.7. The minimum atomic E-state index is -0.640. The molecule has 0 radical (unpaired) electrons. The van der Waals surface area contributed by atoms with Crippen LogP contribution in [0.2, 0.25) is 0 Å². The van der Waals surface area contributed by atoms with E-state index in [2.05, 4.69) is 30.6 Å². The first-order valence-electron chi connectivity index (χ1n) is 12.5. The molecule has 9 nitrogen and oxygen atoms in total. The monoisotopic (exact) mass is 522 g/mol. The Morgan fingerprint density at radius 1 is 1.11 bits per heavy atom. The molecule has 0 saturated carbocycles. The molecule has 11 heteroatoms. The van der Waals surface area contributed by atoms with Gasteiger partial charge in [0, 0.05) is 43.5 Å². The number of aryl methyl sites for hydroxylation is 2.